The number of rotatable bonds is 5. The van der Waals surface area contributed by atoms with E-state index in [1.807, 2.05) is 12.1 Å². The first kappa shape index (κ1) is 19.6. The van der Waals surface area contributed by atoms with Crippen LogP contribution in [0.4, 0.5) is 0 Å². The van der Waals surface area contributed by atoms with E-state index in [0.29, 0.717) is 23.2 Å². The molecule has 6 heteroatoms. The number of para-hydroxylation sites is 1. The van der Waals surface area contributed by atoms with Gasteiger partial charge in [0.25, 0.3) is 5.91 Å². The second-order valence-electron chi connectivity index (χ2n) is 8.12. The molecule has 1 aliphatic rings. The van der Waals surface area contributed by atoms with Crippen molar-refractivity contribution in [2.75, 3.05) is 26.2 Å². The number of hydrogen-bond acceptors (Lipinski definition) is 4. The fraction of sp³-hybridized carbons (Fsp3) is 0.391. The number of amides is 1. The molecule has 6 nitrogen and oxygen atoms in total. The van der Waals surface area contributed by atoms with Crippen molar-refractivity contribution >= 4 is 16.9 Å². The summed E-state index contributed by atoms with van der Waals surface area (Å²) in [5.74, 6) is 0.286. The summed E-state index contributed by atoms with van der Waals surface area (Å²) in [6.07, 6.45) is 0. The van der Waals surface area contributed by atoms with Crippen LogP contribution in [-0.2, 0) is 0 Å². The first-order chi connectivity index (χ1) is 13.9. The number of nitrogens with one attached hydrogen (secondary N) is 1. The average molecular weight is 392 g/mol. The van der Waals surface area contributed by atoms with E-state index in [2.05, 4.69) is 64.8 Å². The van der Waals surface area contributed by atoms with Crippen LogP contribution >= 0.6 is 0 Å². The van der Waals surface area contributed by atoms with Gasteiger partial charge in [-0.1, -0.05) is 30.3 Å². The fourth-order valence-corrected chi connectivity index (χ4v) is 4.14. The summed E-state index contributed by atoms with van der Waals surface area (Å²) in [5, 5.41) is 0. The molecule has 0 aliphatic carbocycles. The van der Waals surface area contributed by atoms with E-state index >= 15 is 0 Å². The molecular weight excluding hydrogens is 362 g/mol. The monoisotopic (exact) mass is 391 g/mol. The number of fused-ring (bicyclic) bond motifs is 1. The van der Waals surface area contributed by atoms with Crippen molar-refractivity contribution in [3.8, 4) is 11.4 Å². The SMILES string of the molecule is CC(C)N1CCN(C(C)c2ccc(-c3nc4c(C(N)=O)cccc4[nH]3)cc2)CC1. The van der Waals surface area contributed by atoms with Crippen LogP contribution in [0.2, 0.25) is 0 Å². The van der Waals surface area contributed by atoms with E-state index in [1.54, 1.807) is 6.07 Å². The van der Waals surface area contributed by atoms with Gasteiger partial charge in [-0.2, -0.15) is 0 Å². The number of carbonyl (C=O) groups is 1. The molecular formula is C23H29N5O. The van der Waals surface area contributed by atoms with Crippen LogP contribution in [0.15, 0.2) is 42.5 Å². The molecule has 1 fully saturated rings. The predicted octanol–water partition coefficient (Wildman–Crippen LogP) is 3.42. The lowest BCUT2D eigenvalue weighted by molar-refractivity contribution is 0.0834. The Balaban J connectivity index is 1.52. The van der Waals surface area contributed by atoms with E-state index in [-0.39, 0.29) is 0 Å². The number of piperazine rings is 1. The minimum atomic E-state index is -0.463. The van der Waals surface area contributed by atoms with Crippen molar-refractivity contribution in [3.63, 3.8) is 0 Å². The highest BCUT2D eigenvalue weighted by atomic mass is 16.1. The Kier molecular flexibility index (Phi) is 5.39. The van der Waals surface area contributed by atoms with Crippen molar-refractivity contribution in [1.29, 1.82) is 0 Å². The molecule has 2 aromatic carbocycles. The lowest BCUT2D eigenvalue weighted by Crippen LogP contribution is -2.49. The van der Waals surface area contributed by atoms with Gasteiger partial charge in [0, 0.05) is 43.8 Å². The van der Waals surface area contributed by atoms with Crippen LogP contribution in [-0.4, -0.2) is 57.9 Å². The van der Waals surface area contributed by atoms with Crippen LogP contribution in [0.25, 0.3) is 22.4 Å². The molecule has 3 aromatic rings. The molecule has 152 valence electrons. The molecule has 1 aliphatic heterocycles. The number of primary amides is 1. The lowest BCUT2D eigenvalue weighted by atomic mass is 10.0. The standard InChI is InChI=1S/C23H29N5O/c1-15(2)27-11-13-28(14-12-27)16(3)17-7-9-18(10-8-17)23-25-20-6-4-5-19(22(24)29)21(20)26-23/h4-10,15-16H,11-14H2,1-3H3,(H2,24,29)(H,25,26). The molecule has 29 heavy (non-hydrogen) atoms. The Labute approximate surface area is 171 Å². The zero-order valence-electron chi connectivity index (χ0n) is 17.4. The second kappa shape index (κ2) is 7.97. The highest BCUT2D eigenvalue weighted by Gasteiger charge is 2.23. The van der Waals surface area contributed by atoms with E-state index in [9.17, 15) is 4.79 Å². The fourth-order valence-electron chi connectivity index (χ4n) is 4.14. The molecule has 0 spiro atoms. The Morgan fingerprint density at radius 2 is 1.66 bits per heavy atom. The van der Waals surface area contributed by atoms with E-state index < -0.39 is 5.91 Å². The molecule has 0 bridgehead atoms. The van der Waals surface area contributed by atoms with Crippen LogP contribution < -0.4 is 5.73 Å². The Hall–Kier alpha value is -2.70. The molecule has 4 rings (SSSR count). The molecule has 1 atom stereocenters. The first-order valence-corrected chi connectivity index (χ1v) is 10.3. The van der Waals surface area contributed by atoms with E-state index in [1.165, 1.54) is 5.56 Å². The van der Waals surface area contributed by atoms with Gasteiger partial charge in [0.05, 0.1) is 11.1 Å². The van der Waals surface area contributed by atoms with Gasteiger partial charge in [0.2, 0.25) is 0 Å². The zero-order valence-corrected chi connectivity index (χ0v) is 17.4. The maximum atomic E-state index is 11.6. The van der Waals surface area contributed by atoms with Crippen molar-refractivity contribution in [1.82, 2.24) is 19.8 Å². The van der Waals surface area contributed by atoms with Gasteiger partial charge < -0.3 is 10.7 Å². The molecule has 1 saturated heterocycles. The molecule has 0 radical (unpaired) electrons. The third-order valence-electron chi connectivity index (χ3n) is 6.07. The van der Waals surface area contributed by atoms with Gasteiger partial charge in [-0.05, 0) is 38.5 Å². The summed E-state index contributed by atoms with van der Waals surface area (Å²) in [6, 6.07) is 15.0. The lowest BCUT2D eigenvalue weighted by Gasteiger charge is -2.40. The smallest absolute Gasteiger partial charge is 0.250 e. The number of imidazole rings is 1. The Morgan fingerprint density at radius 1 is 1.00 bits per heavy atom. The minimum Gasteiger partial charge on any atom is -0.366 e. The summed E-state index contributed by atoms with van der Waals surface area (Å²) in [5.41, 5.74) is 9.66. The molecule has 2 heterocycles. The van der Waals surface area contributed by atoms with Gasteiger partial charge in [-0.15, -0.1) is 0 Å². The summed E-state index contributed by atoms with van der Waals surface area (Å²) < 4.78 is 0. The van der Waals surface area contributed by atoms with Crippen molar-refractivity contribution in [2.24, 2.45) is 5.73 Å². The van der Waals surface area contributed by atoms with Gasteiger partial charge in [0.1, 0.15) is 11.3 Å². The summed E-state index contributed by atoms with van der Waals surface area (Å²) in [4.78, 5) is 24.7. The maximum Gasteiger partial charge on any atom is 0.250 e. The normalized spacial score (nSPS) is 17.1. The Morgan fingerprint density at radius 3 is 2.28 bits per heavy atom. The Bertz CT molecular complexity index is 1000. The van der Waals surface area contributed by atoms with Crippen LogP contribution in [0.5, 0.6) is 0 Å². The van der Waals surface area contributed by atoms with Gasteiger partial charge in [0.15, 0.2) is 0 Å². The molecule has 1 aromatic heterocycles. The minimum absolute atomic E-state index is 0.385. The summed E-state index contributed by atoms with van der Waals surface area (Å²) in [7, 11) is 0. The average Bonchev–Trinajstić information content (AvgIpc) is 3.17. The largest absolute Gasteiger partial charge is 0.366 e. The van der Waals surface area contributed by atoms with Crippen LogP contribution in [0, 0.1) is 0 Å². The quantitative estimate of drug-likeness (QED) is 0.699. The summed E-state index contributed by atoms with van der Waals surface area (Å²) in [6.45, 7) is 11.3. The third kappa shape index (κ3) is 3.91. The van der Waals surface area contributed by atoms with Crippen molar-refractivity contribution in [2.45, 2.75) is 32.9 Å². The van der Waals surface area contributed by atoms with Gasteiger partial charge >= 0.3 is 0 Å². The van der Waals surface area contributed by atoms with Crippen LogP contribution in [0.3, 0.4) is 0 Å². The molecule has 1 unspecified atom stereocenters. The number of nitrogens with zero attached hydrogens (tertiary/aromatic N) is 3. The number of nitrogens with two attached hydrogens (primary N) is 1. The van der Waals surface area contributed by atoms with Crippen LogP contribution in [0.1, 0.15) is 42.7 Å². The predicted molar refractivity (Wildman–Crippen MR) is 117 cm³/mol. The van der Waals surface area contributed by atoms with Gasteiger partial charge in [-0.3, -0.25) is 14.6 Å². The number of aromatic amines is 1. The third-order valence-corrected chi connectivity index (χ3v) is 6.07. The van der Waals surface area contributed by atoms with E-state index in [4.69, 9.17) is 5.73 Å². The number of H-pyrrole nitrogens is 1. The number of benzene rings is 2. The van der Waals surface area contributed by atoms with Gasteiger partial charge in [-0.25, -0.2) is 4.98 Å². The zero-order chi connectivity index (χ0) is 20.5. The maximum absolute atomic E-state index is 11.6. The van der Waals surface area contributed by atoms with Crippen molar-refractivity contribution < 1.29 is 4.79 Å². The number of hydrogen-bond donors (Lipinski definition) is 2. The molecule has 0 saturated carbocycles. The number of aromatic nitrogens is 2. The topological polar surface area (TPSA) is 78.2 Å². The first-order valence-electron chi connectivity index (χ1n) is 10.3. The highest BCUT2D eigenvalue weighted by molar-refractivity contribution is 6.04. The van der Waals surface area contributed by atoms with Crippen molar-refractivity contribution in [3.05, 3.63) is 53.6 Å². The summed E-state index contributed by atoms with van der Waals surface area (Å²) >= 11 is 0. The molecule has 1 amide bonds. The van der Waals surface area contributed by atoms with E-state index in [0.717, 1.165) is 43.1 Å². The molecule has 3 N–H and O–H groups in total. The second-order valence-corrected chi connectivity index (χ2v) is 8.12. The number of carbonyl (C=O) groups excluding carboxylic acids is 1. The highest BCUT2D eigenvalue weighted by Crippen LogP contribution is 2.27.